The van der Waals surface area contributed by atoms with Crippen LogP contribution in [0.4, 0.5) is 52.7 Å². The van der Waals surface area contributed by atoms with Crippen molar-refractivity contribution in [3.05, 3.63) is 0 Å². The second-order valence-corrected chi connectivity index (χ2v) is 14.7. The van der Waals surface area contributed by atoms with Crippen LogP contribution in [0.5, 0.6) is 0 Å². The largest absolute Gasteiger partial charge is 1.00 e. The summed E-state index contributed by atoms with van der Waals surface area (Å²) < 4.78 is 214. The molecule has 0 heterocycles. The number of aliphatic hydroxyl groups excluding tert-OH is 1. The predicted octanol–water partition coefficient (Wildman–Crippen LogP) is 2.62. The van der Waals surface area contributed by atoms with Crippen molar-refractivity contribution in [1.29, 1.82) is 0 Å². The first kappa shape index (κ1) is 54.5. The van der Waals surface area contributed by atoms with Crippen LogP contribution in [-0.2, 0) is 43.4 Å². The Morgan fingerprint density at radius 2 is 1.19 bits per heavy atom. The number of ether oxygens (including phenoxy) is 4. The molecule has 0 rings (SSSR count). The molecule has 0 aromatic carbocycles. The molecule has 11 nitrogen and oxygen atoms in total. The van der Waals surface area contributed by atoms with Gasteiger partial charge in [-0.2, -0.15) is 43.9 Å². The average Bonchev–Trinajstić information content (AvgIpc) is 3.01. The summed E-state index contributed by atoms with van der Waals surface area (Å²) in [6.07, 6.45) is -7.05. The van der Waals surface area contributed by atoms with Crippen molar-refractivity contribution in [2.75, 3.05) is 45.4 Å². The molecule has 0 aliphatic rings. The van der Waals surface area contributed by atoms with Crippen molar-refractivity contribution < 1.29 is 134 Å². The fraction of sp³-hybridized carbons (Fsp3) is 0.897. The molecule has 0 spiro atoms. The number of carbonyl (C=O) groups is 3. The molecule has 0 bridgehead atoms. The molecule has 2 atom stereocenters. The Morgan fingerprint density at radius 1 is 0.685 bits per heavy atom. The van der Waals surface area contributed by atoms with Gasteiger partial charge in [0.15, 0.2) is 6.61 Å². The number of esters is 3. The van der Waals surface area contributed by atoms with Crippen LogP contribution in [-0.4, -0.2) is 117 Å². The summed E-state index contributed by atoms with van der Waals surface area (Å²) in [5.41, 5.74) is -5.95. The Labute approximate surface area is 325 Å². The molecule has 2 unspecified atom stereocenters. The summed E-state index contributed by atoms with van der Waals surface area (Å²) in [7, 11) is -4.42. The molecular formula is C29H41F12NaO11S. The van der Waals surface area contributed by atoms with Crippen molar-refractivity contribution >= 4 is 28.0 Å². The third-order valence-electron chi connectivity index (χ3n) is 7.97. The number of alkyl halides is 12. The van der Waals surface area contributed by atoms with Gasteiger partial charge in [0, 0.05) is 12.4 Å². The third-order valence-corrected chi connectivity index (χ3v) is 8.76. The van der Waals surface area contributed by atoms with Gasteiger partial charge in [0.25, 0.3) is 0 Å². The number of hydrogen-bond donors (Lipinski definition) is 1. The third kappa shape index (κ3) is 13.5. The van der Waals surface area contributed by atoms with Crippen LogP contribution in [0.25, 0.3) is 0 Å². The molecule has 0 amide bonds. The second-order valence-electron chi connectivity index (χ2n) is 13.2. The minimum absolute atomic E-state index is 0. The van der Waals surface area contributed by atoms with Crippen molar-refractivity contribution in [3.63, 3.8) is 0 Å². The normalized spacial score (nSPS) is 15.9. The number of carbonyl (C=O) groups excluding carboxylic acids is 3. The molecule has 0 radical (unpaired) electrons. The smallest absolute Gasteiger partial charge is 0.748 e. The van der Waals surface area contributed by atoms with Gasteiger partial charge >= 0.3 is 83.5 Å². The van der Waals surface area contributed by atoms with E-state index in [9.17, 15) is 80.0 Å². The summed E-state index contributed by atoms with van der Waals surface area (Å²) in [5.74, 6) is -41.7. The maximum atomic E-state index is 14.3. The maximum Gasteiger partial charge on any atom is 1.00 e. The average molecular weight is 849 g/mol. The molecule has 314 valence electrons. The Hall–Kier alpha value is -1.60. The summed E-state index contributed by atoms with van der Waals surface area (Å²) in [5, 5.41) is 9.09. The van der Waals surface area contributed by atoms with E-state index < -0.39 is 119 Å². The minimum Gasteiger partial charge on any atom is -0.748 e. The van der Waals surface area contributed by atoms with E-state index in [1.165, 1.54) is 13.8 Å². The van der Waals surface area contributed by atoms with E-state index in [2.05, 4.69) is 4.74 Å². The fourth-order valence-electron chi connectivity index (χ4n) is 4.94. The monoisotopic (exact) mass is 848 g/mol. The molecule has 0 aliphatic carbocycles. The van der Waals surface area contributed by atoms with E-state index in [-0.39, 0.29) is 68.6 Å². The van der Waals surface area contributed by atoms with Gasteiger partial charge in [-0.05, 0) is 59.8 Å². The van der Waals surface area contributed by atoms with Crippen LogP contribution >= 0.6 is 0 Å². The van der Waals surface area contributed by atoms with Crippen molar-refractivity contribution in [2.45, 2.75) is 103 Å². The summed E-state index contributed by atoms with van der Waals surface area (Å²) in [4.78, 5) is 39.1. The second kappa shape index (κ2) is 20.2. The summed E-state index contributed by atoms with van der Waals surface area (Å²) >= 11 is 0. The van der Waals surface area contributed by atoms with Crippen LogP contribution in [0.15, 0.2) is 0 Å². The molecule has 0 saturated carbocycles. The van der Waals surface area contributed by atoms with Crippen LogP contribution in [0, 0.1) is 16.2 Å². The maximum absolute atomic E-state index is 14.3. The van der Waals surface area contributed by atoms with E-state index in [0.29, 0.717) is 0 Å². The molecule has 1 N–H and O–H groups in total. The van der Waals surface area contributed by atoms with Crippen molar-refractivity contribution in [3.8, 4) is 0 Å². The fourth-order valence-corrected chi connectivity index (χ4v) is 5.50. The van der Waals surface area contributed by atoms with Crippen molar-refractivity contribution in [2.24, 2.45) is 16.2 Å². The zero-order chi connectivity index (χ0) is 42.1. The van der Waals surface area contributed by atoms with E-state index in [1.807, 2.05) is 0 Å². The zero-order valence-electron chi connectivity index (χ0n) is 30.0. The van der Waals surface area contributed by atoms with Crippen molar-refractivity contribution in [1.82, 2.24) is 0 Å². The van der Waals surface area contributed by atoms with Crippen LogP contribution in [0.1, 0.15) is 66.7 Å². The summed E-state index contributed by atoms with van der Waals surface area (Å²) in [6.45, 7) is 0.401. The van der Waals surface area contributed by atoms with Gasteiger partial charge in [0.1, 0.15) is 13.2 Å². The van der Waals surface area contributed by atoms with Gasteiger partial charge in [0.2, 0.25) is 0 Å². The molecule has 0 fully saturated rings. The SMILES string of the molecule is CCC(C)(CC(C)(CC(C)(C)C(=O)OCC(F)(F)C(F)(F)C(F)(F)C(F)(F)C(F)(F)C(F)F)C(=O)OCCO)C(=O)OCCOCCCCS(=O)(=O)[O-].[Na+]. The van der Waals surface area contributed by atoms with Crippen LogP contribution in [0.2, 0.25) is 0 Å². The Balaban J connectivity index is 0. The Morgan fingerprint density at radius 3 is 1.65 bits per heavy atom. The van der Waals surface area contributed by atoms with Gasteiger partial charge in [-0.1, -0.05) is 6.92 Å². The van der Waals surface area contributed by atoms with E-state index in [4.69, 9.17) is 19.3 Å². The predicted molar refractivity (Wildman–Crippen MR) is 155 cm³/mol. The van der Waals surface area contributed by atoms with E-state index in [0.717, 1.165) is 20.8 Å². The minimum atomic E-state index is -7.84. The number of unbranched alkanes of at least 4 members (excludes halogenated alkanes) is 1. The number of rotatable bonds is 25. The van der Waals surface area contributed by atoms with Gasteiger partial charge in [-0.3, -0.25) is 14.4 Å². The number of hydrogen-bond acceptors (Lipinski definition) is 11. The first-order valence-electron chi connectivity index (χ1n) is 15.5. The first-order valence-corrected chi connectivity index (χ1v) is 17.0. The summed E-state index contributed by atoms with van der Waals surface area (Å²) in [6, 6.07) is 0. The van der Waals surface area contributed by atoms with E-state index >= 15 is 0 Å². The molecule has 25 heteroatoms. The first-order chi connectivity index (χ1) is 23.7. The molecule has 0 aliphatic heterocycles. The molecule has 0 aromatic rings. The van der Waals surface area contributed by atoms with Gasteiger partial charge in [0.05, 0.1) is 39.6 Å². The topological polar surface area (TPSA) is 166 Å². The molecular weight excluding hydrogens is 807 g/mol. The Kier molecular flexibility index (Phi) is 20.4. The van der Waals surface area contributed by atoms with Gasteiger partial charge in [-0.15, -0.1) is 0 Å². The Bertz CT molecular complexity index is 1350. The molecule has 54 heavy (non-hydrogen) atoms. The van der Waals surface area contributed by atoms with Gasteiger partial charge in [-0.25, -0.2) is 17.2 Å². The van der Waals surface area contributed by atoms with E-state index in [1.54, 1.807) is 0 Å². The standard InChI is InChI=1S/C29H42F12O11S.Na/c1-6-23(4,20(44)51-13-12-49-10-7-8-14-53(46,47)48)16-24(5,21(45)50-11-9-42)15-22(2,3)19(43)52-17-25(32,33)27(36,37)29(40,41)28(38,39)26(34,35)18(30)31;/h18,42H,6-17H2,1-5H3,(H,46,47,48);/q;+1/p-1. The zero-order valence-corrected chi connectivity index (χ0v) is 32.9. The molecule has 0 aromatic heterocycles. The van der Waals surface area contributed by atoms with Gasteiger partial charge < -0.3 is 28.6 Å². The number of aliphatic hydroxyl groups is 1. The quantitative estimate of drug-likeness (QED) is 0.0359. The molecule has 0 saturated heterocycles. The van der Waals surface area contributed by atoms with Crippen LogP contribution < -0.4 is 29.6 Å². The van der Waals surface area contributed by atoms with Crippen LogP contribution in [0.3, 0.4) is 0 Å². The number of halogens is 12.